The van der Waals surface area contributed by atoms with Gasteiger partial charge >= 0.3 is 6.18 Å². The standard InChI is InChI=1S/C32H18F3NO3/c33-32(34,35)19-11-13-24-27(15-19)38-30-18-29-25(17-26(30)31(24)37)23-14-12-22(16-28(23)39-29)36(20-7-3-1-4-8-20)21-9-5-2-6-10-21/h1-18H. The average Bonchev–Trinajstić information content (AvgIpc) is 3.29. The molecule has 0 fully saturated rings. The first kappa shape index (κ1) is 23.1. The highest BCUT2D eigenvalue weighted by Crippen LogP contribution is 2.39. The Labute approximate surface area is 219 Å². The lowest BCUT2D eigenvalue weighted by molar-refractivity contribution is -0.137. The Morgan fingerprint density at radius 1 is 0.513 bits per heavy atom. The van der Waals surface area contributed by atoms with Gasteiger partial charge in [-0.15, -0.1) is 0 Å². The van der Waals surface area contributed by atoms with Crippen LogP contribution in [0.15, 0.2) is 123 Å². The molecule has 0 bridgehead atoms. The Morgan fingerprint density at radius 3 is 1.72 bits per heavy atom. The summed E-state index contributed by atoms with van der Waals surface area (Å²) in [6, 6.07) is 31.9. The van der Waals surface area contributed by atoms with E-state index in [2.05, 4.69) is 4.90 Å². The maximum Gasteiger partial charge on any atom is 0.416 e. The number of nitrogens with zero attached hydrogens (tertiary/aromatic N) is 1. The highest BCUT2D eigenvalue weighted by molar-refractivity contribution is 6.10. The van der Waals surface area contributed by atoms with Crippen LogP contribution in [-0.4, -0.2) is 0 Å². The molecule has 0 aliphatic heterocycles. The van der Waals surface area contributed by atoms with Gasteiger partial charge in [0, 0.05) is 40.0 Å². The van der Waals surface area contributed by atoms with Crippen LogP contribution in [0.1, 0.15) is 5.56 Å². The Balaban J connectivity index is 1.42. The van der Waals surface area contributed by atoms with Crippen LogP contribution in [0.2, 0.25) is 0 Å². The van der Waals surface area contributed by atoms with Crippen LogP contribution in [0.3, 0.4) is 0 Å². The van der Waals surface area contributed by atoms with E-state index < -0.39 is 17.2 Å². The van der Waals surface area contributed by atoms with E-state index in [1.165, 1.54) is 0 Å². The molecule has 5 aromatic carbocycles. The van der Waals surface area contributed by atoms with Crippen molar-refractivity contribution in [1.29, 1.82) is 0 Å². The van der Waals surface area contributed by atoms with Gasteiger partial charge in [-0.3, -0.25) is 4.79 Å². The molecule has 0 N–H and O–H groups in total. The number of para-hydroxylation sites is 2. The number of anilines is 3. The number of benzene rings is 5. The van der Waals surface area contributed by atoms with Crippen molar-refractivity contribution in [3.63, 3.8) is 0 Å². The molecular weight excluding hydrogens is 503 g/mol. The molecule has 7 aromatic rings. The van der Waals surface area contributed by atoms with E-state index in [0.29, 0.717) is 16.6 Å². The fraction of sp³-hybridized carbons (Fsp3) is 0.0312. The van der Waals surface area contributed by atoms with Crippen LogP contribution in [0, 0.1) is 0 Å². The van der Waals surface area contributed by atoms with E-state index in [9.17, 15) is 18.0 Å². The minimum absolute atomic E-state index is 0.0892. The third-order valence-electron chi connectivity index (χ3n) is 6.86. The van der Waals surface area contributed by atoms with Crippen molar-refractivity contribution in [1.82, 2.24) is 0 Å². The first-order valence-electron chi connectivity index (χ1n) is 12.2. The highest BCUT2D eigenvalue weighted by atomic mass is 19.4. The molecule has 0 radical (unpaired) electrons. The van der Waals surface area contributed by atoms with Crippen LogP contribution in [0.25, 0.3) is 43.9 Å². The summed E-state index contributed by atoms with van der Waals surface area (Å²) in [5, 5.41) is 1.89. The van der Waals surface area contributed by atoms with Crippen molar-refractivity contribution in [2.75, 3.05) is 4.90 Å². The monoisotopic (exact) mass is 521 g/mol. The van der Waals surface area contributed by atoms with Crippen molar-refractivity contribution in [2.24, 2.45) is 0 Å². The van der Waals surface area contributed by atoms with E-state index in [1.807, 2.05) is 78.9 Å². The van der Waals surface area contributed by atoms with Gasteiger partial charge in [0.15, 0.2) is 0 Å². The van der Waals surface area contributed by atoms with E-state index in [4.69, 9.17) is 8.83 Å². The van der Waals surface area contributed by atoms with Gasteiger partial charge in [-0.1, -0.05) is 36.4 Å². The van der Waals surface area contributed by atoms with Crippen LogP contribution in [-0.2, 0) is 6.18 Å². The second kappa shape index (κ2) is 8.49. The summed E-state index contributed by atoms with van der Waals surface area (Å²) < 4.78 is 51.6. The molecule has 0 atom stereocenters. The maximum absolute atomic E-state index is 13.2. The SMILES string of the molecule is O=c1c2ccc(C(F)(F)F)cc2oc2cc3oc4cc(N(c5ccccc5)c5ccccc5)ccc4c3cc12. The molecule has 0 saturated carbocycles. The number of alkyl halides is 3. The summed E-state index contributed by atoms with van der Waals surface area (Å²) in [4.78, 5) is 15.3. The Bertz CT molecular complexity index is 2040. The summed E-state index contributed by atoms with van der Waals surface area (Å²) in [5.74, 6) is 0. The molecule has 190 valence electrons. The number of hydrogen-bond acceptors (Lipinski definition) is 4. The lowest BCUT2D eigenvalue weighted by atomic mass is 10.1. The molecule has 7 heteroatoms. The van der Waals surface area contributed by atoms with Gasteiger partial charge in [-0.2, -0.15) is 13.2 Å². The van der Waals surface area contributed by atoms with Crippen molar-refractivity contribution < 1.29 is 22.0 Å². The van der Waals surface area contributed by atoms with E-state index in [1.54, 1.807) is 12.1 Å². The van der Waals surface area contributed by atoms with Gasteiger partial charge in [-0.25, -0.2) is 0 Å². The van der Waals surface area contributed by atoms with Gasteiger partial charge in [0.05, 0.1) is 16.3 Å². The number of halogens is 3. The zero-order valence-electron chi connectivity index (χ0n) is 20.2. The molecule has 0 aliphatic rings. The quantitative estimate of drug-likeness (QED) is 0.217. The fourth-order valence-electron chi connectivity index (χ4n) is 5.03. The third-order valence-corrected chi connectivity index (χ3v) is 6.86. The molecule has 0 spiro atoms. The molecule has 4 nitrogen and oxygen atoms in total. The Kier molecular flexibility index (Phi) is 5.03. The molecule has 0 amide bonds. The maximum atomic E-state index is 13.2. The largest absolute Gasteiger partial charge is 0.456 e. The molecule has 39 heavy (non-hydrogen) atoms. The van der Waals surface area contributed by atoms with Crippen LogP contribution < -0.4 is 10.3 Å². The first-order chi connectivity index (χ1) is 18.9. The zero-order chi connectivity index (χ0) is 26.7. The van der Waals surface area contributed by atoms with Crippen LogP contribution >= 0.6 is 0 Å². The normalized spacial score (nSPS) is 12.1. The topological polar surface area (TPSA) is 46.6 Å². The summed E-state index contributed by atoms with van der Waals surface area (Å²) in [5.41, 5.74) is 2.66. The van der Waals surface area contributed by atoms with Crippen molar-refractivity contribution in [2.45, 2.75) is 6.18 Å². The smallest absolute Gasteiger partial charge is 0.416 e. The average molecular weight is 521 g/mol. The second-order valence-corrected chi connectivity index (χ2v) is 9.27. The number of hydrogen-bond donors (Lipinski definition) is 0. The minimum Gasteiger partial charge on any atom is -0.456 e. The Hall–Kier alpha value is -5.04. The lowest BCUT2D eigenvalue weighted by Gasteiger charge is -2.25. The summed E-state index contributed by atoms with van der Waals surface area (Å²) in [7, 11) is 0. The predicted octanol–water partition coefficient (Wildman–Crippen LogP) is 9.33. The van der Waals surface area contributed by atoms with Crippen molar-refractivity contribution in [3.8, 4) is 0 Å². The number of furan rings is 1. The highest BCUT2D eigenvalue weighted by Gasteiger charge is 2.31. The predicted molar refractivity (Wildman–Crippen MR) is 147 cm³/mol. The zero-order valence-corrected chi connectivity index (χ0v) is 20.2. The first-order valence-corrected chi connectivity index (χ1v) is 12.2. The minimum atomic E-state index is -4.55. The summed E-state index contributed by atoms with van der Waals surface area (Å²) >= 11 is 0. The van der Waals surface area contributed by atoms with Crippen molar-refractivity contribution in [3.05, 3.63) is 125 Å². The van der Waals surface area contributed by atoms with Gasteiger partial charge in [0.1, 0.15) is 22.3 Å². The van der Waals surface area contributed by atoms with Gasteiger partial charge in [-0.05, 0) is 60.7 Å². The van der Waals surface area contributed by atoms with Gasteiger partial charge < -0.3 is 13.7 Å². The molecule has 0 unspecified atom stereocenters. The summed E-state index contributed by atoms with van der Waals surface area (Å²) in [6.07, 6.45) is -4.55. The molecule has 7 rings (SSSR count). The second-order valence-electron chi connectivity index (χ2n) is 9.27. The number of rotatable bonds is 3. The Morgan fingerprint density at radius 2 is 1.08 bits per heavy atom. The molecule has 2 aromatic heterocycles. The number of fused-ring (bicyclic) bond motifs is 5. The van der Waals surface area contributed by atoms with Crippen molar-refractivity contribution >= 4 is 60.9 Å². The van der Waals surface area contributed by atoms with E-state index in [-0.39, 0.29) is 21.9 Å². The fourth-order valence-corrected chi connectivity index (χ4v) is 5.03. The molecule has 2 heterocycles. The van der Waals surface area contributed by atoms with Crippen LogP contribution in [0.5, 0.6) is 0 Å². The molecular formula is C32H18F3NO3. The van der Waals surface area contributed by atoms with E-state index in [0.717, 1.165) is 40.6 Å². The molecule has 0 aliphatic carbocycles. The van der Waals surface area contributed by atoms with Gasteiger partial charge in [0.25, 0.3) is 0 Å². The van der Waals surface area contributed by atoms with E-state index >= 15 is 0 Å². The third kappa shape index (κ3) is 3.82. The van der Waals surface area contributed by atoms with Crippen LogP contribution in [0.4, 0.5) is 30.2 Å². The lowest BCUT2D eigenvalue weighted by Crippen LogP contribution is -2.09. The van der Waals surface area contributed by atoms with Gasteiger partial charge in [0.2, 0.25) is 5.43 Å². The summed E-state index contributed by atoms with van der Waals surface area (Å²) in [6.45, 7) is 0. The molecule has 0 saturated heterocycles.